The van der Waals surface area contributed by atoms with Gasteiger partial charge < -0.3 is 5.32 Å². The van der Waals surface area contributed by atoms with Crippen molar-refractivity contribution in [2.24, 2.45) is 11.3 Å². The summed E-state index contributed by atoms with van der Waals surface area (Å²) in [4.78, 5) is 12.9. The van der Waals surface area contributed by atoms with E-state index in [9.17, 15) is 4.79 Å². The Morgan fingerprint density at radius 1 is 0.903 bits per heavy atom. The molecular formula is C27H26BrFeNO+2. The smallest absolute Gasteiger partial charge is 0.358 e. The van der Waals surface area contributed by atoms with Gasteiger partial charge in [-0.3, -0.25) is 4.79 Å². The number of halogens is 1. The van der Waals surface area contributed by atoms with E-state index in [-0.39, 0.29) is 34.2 Å². The van der Waals surface area contributed by atoms with Gasteiger partial charge in [0.25, 0.3) is 0 Å². The molecule has 1 aliphatic heterocycles. The van der Waals surface area contributed by atoms with Crippen LogP contribution in [0.3, 0.4) is 0 Å². The Morgan fingerprint density at radius 3 is 2.06 bits per heavy atom. The molecule has 0 amide bonds. The average molecular weight is 516 g/mol. The van der Waals surface area contributed by atoms with Crippen LogP contribution in [0.15, 0.2) is 46.1 Å². The normalized spacial score (nSPS) is 25.1. The molecule has 0 saturated heterocycles. The van der Waals surface area contributed by atoms with Crippen LogP contribution in [-0.4, -0.2) is 5.78 Å². The maximum absolute atomic E-state index is 12.9. The molecule has 158 valence electrons. The number of ketones is 1. The Morgan fingerprint density at radius 2 is 1.48 bits per heavy atom. The predicted molar refractivity (Wildman–Crippen MR) is 126 cm³/mol. The van der Waals surface area contributed by atoms with Crippen LogP contribution in [0, 0.1) is 75.0 Å². The number of carbonyl (C=O) groups is 1. The van der Waals surface area contributed by atoms with Gasteiger partial charge in [-0.2, -0.15) is 0 Å². The molecule has 5 rings (SSSR count). The molecular weight excluding hydrogens is 490 g/mol. The number of rotatable bonds is 2. The van der Waals surface area contributed by atoms with Gasteiger partial charge in [0, 0.05) is 33.8 Å². The summed E-state index contributed by atoms with van der Waals surface area (Å²) in [6, 6.07) is 8.31. The van der Waals surface area contributed by atoms with Crippen LogP contribution < -0.4 is 5.32 Å². The number of carbonyl (C=O) groups excluding carboxylic acids is 1. The van der Waals surface area contributed by atoms with E-state index in [1.807, 2.05) is 44.9 Å². The molecule has 1 unspecified atom stereocenters. The van der Waals surface area contributed by atoms with E-state index in [0.29, 0.717) is 6.42 Å². The fraction of sp³-hybridized carbons (Fsp3) is 0.222. The van der Waals surface area contributed by atoms with Gasteiger partial charge in [0.05, 0.1) is 0 Å². The Balaban J connectivity index is 0.000000401. The molecule has 0 spiro atoms. The topological polar surface area (TPSA) is 29.1 Å². The van der Waals surface area contributed by atoms with Crippen LogP contribution in [0.1, 0.15) is 32.3 Å². The van der Waals surface area contributed by atoms with Crippen LogP contribution in [-0.2, 0) is 21.9 Å². The van der Waals surface area contributed by atoms with Gasteiger partial charge >= 0.3 is 17.1 Å². The second-order valence-corrected chi connectivity index (χ2v) is 9.62. The zero-order chi connectivity index (χ0) is 21.1. The molecule has 4 aliphatic rings. The minimum absolute atomic E-state index is 0. The molecule has 1 aromatic carbocycles. The van der Waals surface area contributed by atoms with E-state index >= 15 is 0 Å². The van der Waals surface area contributed by atoms with E-state index < -0.39 is 0 Å². The van der Waals surface area contributed by atoms with Gasteiger partial charge in [-0.15, -0.1) is 0 Å². The van der Waals surface area contributed by atoms with E-state index in [2.05, 4.69) is 78.3 Å². The summed E-state index contributed by atoms with van der Waals surface area (Å²) >= 11 is 3.50. The van der Waals surface area contributed by atoms with Crippen molar-refractivity contribution in [1.82, 2.24) is 5.32 Å². The van der Waals surface area contributed by atoms with Crippen molar-refractivity contribution in [3.63, 3.8) is 0 Å². The number of hydrogen-bond acceptors (Lipinski definition) is 2. The maximum atomic E-state index is 12.9. The Labute approximate surface area is 207 Å². The molecule has 2 fully saturated rings. The Bertz CT molecular complexity index is 822. The maximum Gasteiger partial charge on any atom is 2.00 e. The summed E-state index contributed by atoms with van der Waals surface area (Å²) in [5.74, 6) is 1.50. The zero-order valence-corrected chi connectivity index (χ0v) is 20.4. The summed E-state index contributed by atoms with van der Waals surface area (Å²) < 4.78 is 1.06. The molecule has 1 N–H and O–H groups in total. The number of benzene rings is 1. The number of nitrogens with one attached hydrogen (secondary N) is 1. The van der Waals surface area contributed by atoms with Crippen molar-refractivity contribution in [2.45, 2.75) is 26.7 Å². The molecule has 4 heteroatoms. The van der Waals surface area contributed by atoms with Crippen molar-refractivity contribution in [3.8, 4) is 0 Å². The van der Waals surface area contributed by atoms with Crippen molar-refractivity contribution in [2.75, 3.05) is 0 Å². The number of hydrogen-bond donors (Lipinski definition) is 1. The second-order valence-electron chi connectivity index (χ2n) is 8.70. The standard InChI is InChI=1S/C22H21BrNO.C5H5.Fe/c1-22(2)12-19-21(20(25)13-22)17(14-5-3-4-6-14)11-18(24-19)15-7-9-16(23)10-8-15;1-2-4-5-3-1;/h3-11,17,24H,12-13H2,1-2H3;1-5H;/q;;+2. The fourth-order valence-electron chi connectivity index (χ4n) is 4.24. The Kier molecular flexibility index (Phi) is 8.69. The van der Waals surface area contributed by atoms with Crippen molar-refractivity contribution >= 4 is 27.4 Å². The van der Waals surface area contributed by atoms with E-state index in [1.54, 1.807) is 0 Å². The van der Waals surface area contributed by atoms with Crippen LogP contribution in [0.4, 0.5) is 0 Å². The van der Waals surface area contributed by atoms with Gasteiger partial charge in [0.2, 0.25) is 0 Å². The third-order valence-electron chi connectivity index (χ3n) is 5.61. The van der Waals surface area contributed by atoms with Gasteiger partial charge in [0.1, 0.15) is 0 Å². The van der Waals surface area contributed by atoms with Crippen LogP contribution in [0.2, 0.25) is 0 Å². The van der Waals surface area contributed by atoms with E-state index in [1.165, 1.54) is 5.92 Å². The molecule has 0 aromatic heterocycles. The minimum Gasteiger partial charge on any atom is -0.358 e. The van der Waals surface area contributed by atoms with Gasteiger partial charge in [-0.05, 0) is 93.2 Å². The third-order valence-corrected chi connectivity index (χ3v) is 6.14. The van der Waals surface area contributed by atoms with Crippen molar-refractivity contribution < 1.29 is 21.9 Å². The molecule has 1 atom stereocenters. The van der Waals surface area contributed by atoms with Gasteiger partial charge in [-0.25, -0.2) is 0 Å². The summed E-state index contributed by atoms with van der Waals surface area (Å²) in [6.07, 6.45) is 22.0. The summed E-state index contributed by atoms with van der Waals surface area (Å²) in [7, 11) is 0. The monoisotopic (exact) mass is 515 g/mol. The SMILES string of the molecule is CC1(C)CC(=O)C2=C(C1)NC(c1ccc(Br)cc1)=CC2[C]1[CH][CH][CH][CH]1.[CH]1[CH][CH][CH][CH]1.[Fe+2]. The van der Waals surface area contributed by atoms with E-state index in [0.717, 1.165) is 33.4 Å². The van der Waals surface area contributed by atoms with Crippen LogP contribution >= 0.6 is 15.9 Å². The number of dihydropyridines is 1. The molecule has 1 aromatic rings. The molecule has 31 heavy (non-hydrogen) atoms. The number of allylic oxidation sites excluding steroid dienone is 3. The predicted octanol–water partition coefficient (Wildman–Crippen LogP) is 6.08. The van der Waals surface area contributed by atoms with Gasteiger partial charge in [-0.1, -0.05) is 48.0 Å². The third kappa shape index (κ3) is 6.15. The van der Waals surface area contributed by atoms with Gasteiger partial charge in [0.15, 0.2) is 5.78 Å². The minimum atomic E-state index is 0. The summed E-state index contributed by atoms with van der Waals surface area (Å²) in [5.41, 5.74) is 4.27. The quantitative estimate of drug-likeness (QED) is 0.484. The first-order chi connectivity index (χ1) is 14.4. The molecule has 0 bridgehead atoms. The molecule has 2 saturated carbocycles. The molecule has 2 nitrogen and oxygen atoms in total. The van der Waals surface area contributed by atoms with E-state index in [4.69, 9.17) is 0 Å². The summed E-state index contributed by atoms with van der Waals surface area (Å²) in [5, 5.41) is 3.57. The van der Waals surface area contributed by atoms with Crippen LogP contribution in [0.5, 0.6) is 0 Å². The average Bonchev–Trinajstić information content (AvgIpc) is 3.43. The first-order valence-electron chi connectivity index (χ1n) is 10.3. The Hall–Kier alpha value is -0.831. The largest absolute Gasteiger partial charge is 2.00 e. The van der Waals surface area contributed by atoms with Crippen LogP contribution in [0.25, 0.3) is 5.70 Å². The first kappa shape index (κ1) is 24.8. The molecule has 3 aliphatic carbocycles. The van der Waals surface area contributed by atoms with Crippen molar-refractivity contribution in [3.05, 3.63) is 115 Å². The molecule has 10 radical (unpaired) electrons. The molecule has 1 heterocycles. The number of Topliss-reactive ketones (excluding diaryl/α,β-unsaturated/α-hetero) is 1. The van der Waals surface area contributed by atoms with Crippen molar-refractivity contribution in [1.29, 1.82) is 0 Å². The zero-order valence-electron chi connectivity index (χ0n) is 17.7. The second kappa shape index (κ2) is 10.9. The fourth-order valence-corrected chi connectivity index (χ4v) is 4.50. The first-order valence-corrected chi connectivity index (χ1v) is 11.1. The summed E-state index contributed by atoms with van der Waals surface area (Å²) in [6.45, 7) is 4.34.